The van der Waals surface area contributed by atoms with Crippen molar-refractivity contribution in [2.75, 3.05) is 19.7 Å². The van der Waals surface area contributed by atoms with Crippen molar-refractivity contribution in [3.8, 4) is 5.75 Å². The van der Waals surface area contributed by atoms with Crippen LogP contribution in [0.4, 0.5) is 13.2 Å². The third kappa shape index (κ3) is 9.49. The van der Waals surface area contributed by atoms with Gasteiger partial charge >= 0.3 is 12.1 Å². The first-order chi connectivity index (χ1) is 20.7. The average Bonchev–Trinajstić information content (AvgIpc) is 2.99. The molecule has 1 N–H and O–H groups in total. The van der Waals surface area contributed by atoms with E-state index in [1.807, 2.05) is 43.3 Å². The fourth-order valence-corrected chi connectivity index (χ4v) is 5.57. The lowest BCUT2D eigenvalue weighted by atomic mass is 9.90. The van der Waals surface area contributed by atoms with Crippen LogP contribution in [0, 0.1) is 0 Å². The number of rotatable bonds is 14. The zero-order valence-electron chi connectivity index (χ0n) is 24.3. The number of carboxylic acid groups (broad SMARTS) is 1. The first kappa shape index (κ1) is 35.0. The predicted octanol–water partition coefficient (Wildman–Crippen LogP) is 9.46. The van der Waals surface area contributed by atoms with E-state index in [0.717, 1.165) is 17.2 Å². The van der Waals surface area contributed by atoms with Gasteiger partial charge in [-0.25, -0.2) is 0 Å². The molecule has 1 unspecified atom stereocenters. The van der Waals surface area contributed by atoms with Gasteiger partial charge in [-0.2, -0.15) is 13.2 Å². The van der Waals surface area contributed by atoms with Gasteiger partial charge in [0, 0.05) is 25.6 Å². The number of halogens is 5. The van der Waals surface area contributed by atoms with Crippen LogP contribution in [0.25, 0.3) is 0 Å². The van der Waals surface area contributed by atoms with Crippen LogP contribution in [0.15, 0.2) is 103 Å². The molecule has 4 aromatic carbocycles. The Labute approximate surface area is 267 Å². The fraction of sp³-hybridized carbons (Fsp3) is 0.286. The minimum atomic E-state index is -4.55. The summed E-state index contributed by atoms with van der Waals surface area (Å²) in [6, 6.07) is 31.2. The monoisotopic (exact) mass is 645 g/mol. The molecule has 0 saturated carbocycles. The summed E-state index contributed by atoms with van der Waals surface area (Å²) in [5, 5.41) is 9.23. The molecule has 9 heteroatoms. The van der Waals surface area contributed by atoms with Crippen LogP contribution in [0.1, 0.15) is 59.4 Å². The maximum Gasteiger partial charge on any atom is 0.417 e. The van der Waals surface area contributed by atoms with Crippen LogP contribution in [-0.2, 0) is 17.5 Å². The number of benzene rings is 4. The number of ether oxygens (including phenoxy) is 1. The molecule has 4 aromatic rings. The van der Waals surface area contributed by atoms with Crippen molar-refractivity contribution < 1.29 is 27.8 Å². The summed E-state index contributed by atoms with van der Waals surface area (Å²) in [7, 11) is 0. The van der Waals surface area contributed by atoms with Gasteiger partial charge in [-0.05, 0) is 53.3 Å². The van der Waals surface area contributed by atoms with E-state index in [4.69, 9.17) is 16.3 Å². The Bertz CT molecular complexity index is 1430. The molecule has 0 aliphatic carbocycles. The summed E-state index contributed by atoms with van der Waals surface area (Å²) in [4.78, 5) is 13.7. The largest absolute Gasteiger partial charge is 0.494 e. The number of carboxylic acids is 1. The van der Waals surface area contributed by atoms with E-state index in [2.05, 4.69) is 29.2 Å². The highest BCUT2D eigenvalue weighted by atomic mass is 35.5. The number of aliphatic carboxylic acids is 1. The normalized spacial score (nSPS) is 12.2. The molecule has 0 saturated heterocycles. The highest BCUT2D eigenvalue weighted by molar-refractivity contribution is 6.32. The van der Waals surface area contributed by atoms with Crippen molar-refractivity contribution in [3.63, 3.8) is 0 Å². The molecule has 0 heterocycles. The van der Waals surface area contributed by atoms with Crippen LogP contribution < -0.4 is 4.74 Å². The van der Waals surface area contributed by atoms with E-state index in [1.54, 1.807) is 30.3 Å². The molecule has 44 heavy (non-hydrogen) atoms. The van der Waals surface area contributed by atoms with E-state index in [-0.39, 0.29) is 29.9 Å². The Morgan fingerprint density at radius 3 is 2.05 bits per heavy atom. The summed E-state index contributed by atoms with van der Waals surface area (Å²) in [6.07, 6.45) is -3.49. The lowest BCUT2D eigenvalue weighted by Crippen LogP contribution is -2.31. The van der Waals surface area contributed by atoms with Gasteiger partial charge < -0.3 is 9.84 Å². The first-order valence-corrected chi connectivity index (χ1v) is 14.7. The molecule has 0 fully saturated rings. The lowest BCUT2D eigenvalue weighted by molar-refractivity contribution is -0.139. The third-order valence-electron chi connectivity index (χ3n) is 7.48. The van der Waals surface area contributed by atoms with Crippen LogP contribution in [0.3, 0.4) is 0 Å². The van der Waals surface area contributed by atoms with Crippen molar-refractivity contribution in [2.24, 2.45) is 0 Å². The molecule has 0 amide bonds. The SMILES string of the molecule is CCC(C(=O)O)c1cccc(OCCCN(Cc2cccc(C(F)(F)F)c2Cl)CC(c2ccccc2)c2ccccc2)c1.Cl. The smallest absolute Gasteiger partial charge is 0.417 e. The van der Waals surface area contributed by atoms with Gasteiger partial charge in [-0.15, -0.1) is 12.4 Å². The molecule has 4 nitrogen and oxygen atoms in total. The Morgan fingerprint density at radius 1 is 0.886 bits per heavy atom. The van der Waals surface area contributed by atoms with Crippen LogP contribution in [-0.4, -0.2) is 35.7 Å². The first-order valence-electron chi connectivity index (χ1n) is 14.3. The molecular weight excluding hydrogens is 610 g/mol. The average molecular weight is 647 g/mol. The molecule has 0 aromatic heterocycles. The number of carbonyl (C=O) groups is 1. The molecule has 0 bridgehead atoms. The third-order valence-corrected chi connectivity index (χ3v) is 7.92. The molecule has 0 aliphatic heterocycles. The Kier molecular flexibility index (Phi) is 13.1. The summed E-state index contributed by atoms with van der Waals surface area (Å²) >= 11 is 6.31. The molecule has 0 spiro atoms. The zero-order valence-corrected chi connectivity index (χ0v) is 25.9. The lowest BCUT2D eigenvalue weighted by Gasteiger charge is -2.29. The van der Waals surface area contributed by atoms with E-state index >= 15 is 0 Å². The molecule has 0 aliphatic rings. The maximum atomic E-state index is 13.6. The Balaban J connectivity index is 0.00000529. The second kappa shape index (κ2) is 16.5. The summed E-state index contributed by atoms with van der Waals surface area (Å²) < 4.78 is 46.9. The summed E-state index contributed by atoms with van der Waals surface area (Å²) in [5.41, 5.74) is 2.45. The van der Waals surface area contributed by atoms with Crippen LogP contribution >= 0.6 is 24.0 Å². The van der Waals surface area contributed by atoms with Crippen LogP contribution in [0.5, 0.6) is 5.75 Å². The van der Waals surface area contributed by atoms with Gasteiger partial charge in [0.1, 0.15) is 5.75 Å². The molecule has 234 valence electrons. The topological polar surface area (TPSA) is 49.8 Å². The number of hydrogen-bond acceptors (Lipinski definition) is 3. The quantitative estimate of drug-likeness (QED) is 0.139. The van der Waals surface area contributed by atoms with Gasteiger partial charge in [0.2, 0.25) is 0 Å². The molecule has 1 atom stereocenters. The fourth-order valence-electron chi connectivity index (χ4n) is 5.28. The van der Waals surface area contributed by atoms with Gasteiger partial charge in [0.25, 0.3) is 0 Å². The van der Waals surface area contributed by atoms with E-state index < -0.39 is 23.6 Å². The zero-order chi connectivity index (χ0) is 30.8. The van der Waals surface area contributed by atoms with Crippen molar-refractivity contribution in [1.29, 1.82) is 0 Å². The predicted molar refractivity (Wildman–Crippen MR) is 171 cm³/mol. The molecular formula is C35H36Cl2F3NO3. The van der Waals surface area contributed by atoms with Crippen molar-refractivity contribution in [3.05, 3.63) is 136 Å². The number of alkyl halides is 3. The molecule has 0 radical (unpaired) electrons. The highest BCUT2D eigenvalue weighted by Gasteiger charge is 2.34. The Morgan fingerprint density at radius 2 is 1.48 bits per heavy atom. The van der Waals surface area contributed by atoms with Crippen molar-refractivity contribution in [2.45, 2.75) is 44.3 Å². The van der Waals surface area contributed by atoms with Crippen molar-refractivity contribution in [1.82, 2.24) is 4.90 Å². The Hall–Kier alpha value is -3.52. The minimum absolute atomic E-state index is 0. The highest BCUT2D eigenvalue weighted by Crippen LogP contribution is 2.37. The maximum absolute atomic E-state index is 13.6. The van der Waals surface area contributed by atoms with Gasteiger partial charge in [0.05, 0.1) is 23.1 Å². The van der Waals surface area contributed by atoms with E-state index in [0.29, 0.717) is 49.4 Å². The van der Waals surface area contributed by atoms with Gasteiger partial charge in [-0.1, -0.05) is 103 Å². The number of nitrogens with zero attached hydrogens (tertiary/aromatic N) is 1. The van der Waals surface area contributed by atoms with Crippen molar-refractivity contribution >= 4 is 30.0 Å². The van der Waals surface area contributed by atoms with Gasteiger partial charge in [-0.3, -0.25) is 9.69 Å². The second-order valence-corrected chi connectivity index (χ2v) is 10.8. The van der Waals surface area contributed by atoms with E-state index in [1.165, 1.54) is 6.07 Å². The minimum Gasteiger partial charge on any atom is -0.494 e. The van der Waals surface area contributed by atoms with Crippen LogP contribution in [0.2, 0.25) is 5.02 Å². The standard InChI is InChI=1S/C35H35ClF3NO3.ClH/c1-2-30(34(41)42)27-16-9-18-29(22-27)43-21-11-20-40(23-28-17-10-19-32(33(28)36)35(37,38)39)24-31(25-12-5-3-6-13-25)26-14-7-4-8-15-26;/h3-10,12-19,22,30-31H,2,11,20-21,23-24H2,1H3,(H,41,42);1H. The van der Waals surface area contributed by atoms with E-state index in [9.17, 15) is 23.1 Å². The second-order valence-electron chi connectivity index (χ2n) is 10.5. The van der Waals surface area contributed by atoms with Gasteiger partial charge in [0.15, 0.2) is 0 Å². The number of hydrogen-bond donors (Lipinski definition) is 1. The molecule has 4 rings (SSSR count). The summed E-state index contributed by atoms with van der Waals surface area (Å²) in [5.74, 6) is -0.929. The summed E-state index contributed by atoms with van der Waals surface area (Å²) in [6.45, 7) is 3.49.